The van der Waals surface area contributed by atoms with Crippen LogP contribution in [-0.4, -0.2) is 43.5 Å². The number of carbonyl (C=O) groups excluding carboxylic acids is 1. The van der Waals surface area contributed by atoms with Gasteiger partial charge in [0.1, 0.15) is 17.1 Å². The molecule has 3 aromatic heterocycles. The Hall–Kier alpha value is -3.47. The molecule has 0 atom stereocenters. The Kier molecular flexibility index (Phi) is 6.43. The highest BCUT2D eigenvalue weighted by atomic mass is 35.5. The Morgan fingerprint density at radius 2 is 2.00 bits per heavy atom. The van der Waals surface area contributed by atoms with E-state index in [1.54, 1.807) is 24.1 Å². The summed E-state index contributed by atoms with van der Waals surface area (Å²) in [5.74, 6) is 0.771. The molecule has 0 aliphatic heterocycles. The van der Waals surface area contributed by atoms with Crippen molar-refractivity contribution >= 4 is 56.8 Å². The molecule has 2 aromatic carbocycles. The van der Waals surface area contributed by atoms with Crippen molar-refractivity contribution < 1.29 is 9.53 Å². The van der Waals surface area contributed by atoms with E-state index >= 15 is 0 Å². The largest absolute Gasteiger partial charge is 0.497 e. The number of rotatable bonds is 7. The lowest BCUT2D eigenvalue weighted by Gasteiger charge is -2.06. The van der Waals surface area contributed by atoms with E-state index in [0.717, 1.165) is 28.1 Å². The van der Waals surface area contributed by atoms with Crippen molar-refractivity contribution in [2.45, 2.75) is 5.03 Å². The van der Waals surface area contributed by atoms with Gasteiger partial charge in [-0.3, -0.25) is 4.79 Å². The molecule has 0 fully saturated rings. The summed E-state index contributed by atoms with van der Waals surface area (Å²) < 4.78 is 6.85. The predicted octanol–water partition coefficient (Wildman–Crippen LogP) is 5.33. The molecule has 1 N–H and O–H groups in total. The molecule has 11 heteroatoms. The highest BCUT2D eigenvalue weighted by Gasteiger charge is 2.15. The molecule has 0 aliphatic rings. The van der Waals surface area contributed by atoms with Gasteiger partial charge in [-0.15, -0.1) is 11.3 Å². The molecule has 34 heavy (non-hydrogen) atoms. The van der Waals surface area contributed by atoms with Gasteiger partial charge in [0.15, 0.2) is 10.8 Å². The summed E-state index contributed by atoms with van der Waals surface area (Å²) >= 11 is 9.00. The number of anilines is 1. The lowest BCUT2D eigenvalue weighted by Crippen LogP contribution is -2.14. The van der Waals surface area contributed by atoms with E-state index in [1.807, 2.05) is 47.8 Å². The number of hydrogen-bond donors (Lipinski definition) is 1. The third kappa shape index (κ3) is 4.60. The number of thioether (sulfide) groups is 1. The number of para-hydroxylation sites is 1. The lowest BCUT2D eigenvalue weighted by molar-refractivity contribution is -0.113. The van der Waals surface area contributed by atoms with Crippen molar-refractivity contribution in [3.63, 3.8) is 0 Å². The summed E-state index contributed by atoms with van der Waals surface area (Å²) in [6.07, 6.45) is 3.14. The maximum atomic E-state index is 12.6. The molecule has 0 unspecified atom stereocenters. The van der Waals surface area contributed by atoms with E-state index < -0.39 is 0 Å². The third-order valence-electron chi connectivity index (χ3n) is 4.89. The predicted molar refractivity (Wildman–Crippen MR) is 135 cm³/mol. The Morgan fingerprint density at radius 1 is 1.18 bits per heavy atom. The molecule has 0 saturated carbocycles. The second-order valence-corrected chi connectivity index (χ2v) is 9.26. The topological polar surface area (TPSA) is 94.8 Å². The van der Waals surface area contributed by atoms with Gasteiger partial charge in [0, 0.05) is 10.9 Å². The van der Waals surface area contributed by atoms with Gasteiger partial charge in [0.25, 0.3) is 0 Å². The Morgan fingerprint density at radius 3 is 2.79 bits per heavy atom. The number of hydrogen-bond acceptors (Lipinski definition) is 8. The number of carbonyl (C=O) groups is 1. The van der Waals surface area contributed by atoms with Crippen molar-refractivity contribution in [2.24, 2.45) is 0 Å². The number of amides is 1. The van der Waals surface area contributed by atoms with Gasteiger partial charge in [-0.2, -0.15) is 5.10 Å². The number of methoxy groups -OCH3 is 1. The Balaban J connectivity index is 1.27. The maximum Gasteiger partial charge on any atom is 0.236 e. The monoisotopic (exact) mass is 508 g/mol. The molecule has 0 spiro atoms. The second-order valence-electron chi connectivity index (χ2n) is 7.03. The fourth-order valence-electron chi connectivity index (χ4n) is 3.25. The zero-order valence-corrected chi connectivity index (χ0v) is 20.2. The zero-order valence-electron chi connectivity index (χ0n) is 17.8. The molecule has 0 saturated heterocycles. The molecule has 1 amide bonds. The fourth-order valence-corrected chi connectivity index (χ4v) is 4.97. The van der Waals surface area contributed by atoms with Crippen molar-refractivity contribution in [2.75, 3.05) is 18.2 Å². The van der Waals surface area contributed by atoms with Gasteiger partial charge in [-0.1, -0.05) is 35.5 Å². The maximum absolute atomic E-state index is 12.6. The zero-order chi connectivity index (χ0) is 23.5. The average molecular weight is 509 g/mol. The van der Waals surface area contributed by atoms with Crippen molar-refractivity contribution in [3.8, 4) is 22.7 Å². The van der Waals surface area contributed by atoms with Gasteiger partial charge < -0.3 is 10.1 Å². The van der Waals surface area contributed by atoms with Crippen LogP contribution in [0, 0.1) is 0 Å². The summed E-state index contributed by atoms with van der Waals surface area (Å²) in [6.45, 7) is 0. The second kappa shape index (κ2) is 9.80. The summed E-state index contributed by atoms with van der Waals surface area (Å²) in [5, 5.41) is 11.7. The van der Waals surface area contributed by atoms with Crippen LogP contribution >= 0.6 is 34.7 Å². The quantitative estimate of drug-likeness (QED) is 0.234. The van der Waals surface area contributed by atoms with Crippen LogP contribution in [0.25, 0.3) is 28.0 Å². The first kappa shape index (κ1) is 22.3. The first-order valence-corrected chi connectivity index (χ1v) is 12.3. The molecule has 8 nitrogen and oxygen atoms in total. The van der Waals surface area contributed by atoms with Gasteiger partial charge >= 0.3 is 0 Å². The smallest absolute Gasteiger partial charge is 0.236 e. The van der Waals surface area contributed by atoms with Gasteiger partial charge in [-0.05, 0) is 36.4 Å². The van der Waals surface area contributed by atoms with Crippen molar-refractivity contribution in [3.05, 3.63) is 71.5 Å². The number of aromatic nitrogens is 5. The van der Waals surface area contributed by atoms with Crippen molar-refractivity contribution in [1.29, 1.82) is 0 Å². The summed E-state index contributed by atoms with van der Waals surface area (Å²) in [5.41, 5.74) is 3.09. The SMILES string of the molecule is COc1ccc(-c2csc(NC(=O)CSc3ncnc4c3cnn4-c3ccccc3Cl)n2)cc1. The number of benzene rings is 2. The number of nitrogens with zero attached hydrogens (tertiary/aromatic N) is 5. The number of thiazole rings is 1. The minimum Gasteiger partial charge on any atom is -0.497 e. The Bertz CT molecular complexity index is 1470. The molecule has 170 valence electrons. The van der Waals surface area contributed by atoms with E-state index in [4.69, 9.17) is 16.3 Å². The van der Waals surface area contributed by atoms with Crippen LogP contribution in [0.5, 0.6) is 5.75 Å². The van der Waals surface area contributed by atoms with Crippen LogP contribution in [0.3, 0.4) is 0 Å². The molecule has 0 bridgehead atoms. The molecule has 5 rings (SSSR count). The summed E-state index contributed by atoms with van der Waals surface area (Å²) in [6, 6.07) is 15.0. The molecular weight excluding hydrogens is 492 g/mol. The van der Waals surface area contributed by atoms with Gasteiger partial charge in [0.05, 0.1) is 40.8 Å². The average Bonchev–Trinajstić information content (AvgIpc) is 3.51. The third-order valence-corrected chi connectivity index (χ3v) is 6.97. The standard InChI is InChI=1S/C23H17ClN6O2S2/c1-32-15-8-6-14(7-9-15)18-11-34-23(28-18)29-20(31)12-33-22-16-10-27-30(21(16)25-13-26-22)19-5-3-2-4-17(19)24/h2-11,13H,12H2,1H3,(H,28,29,31). The molecule has 0 radical (unpaired) electrons. The van der Waals surface area contributed by atoms with Crippen LogP contribution < -0.4 is 10.1 Å². The van der Waals surface area contributed by atoms with Crippen LogP contribution in [0.15, 0.2) is 71.5 Å². The minimum absolute atomic E-state index is 0.167. The first-order valence-electron chi connectivity index (χ1n) is 10.1. The lowest BCUT2D eigenvalue weighted by atomic mass is 10.2. The van der Waals surface area contributed by atoms with Crippen LogP contribution in [0.4, 0.5) is 5.13 Å². The molecule has 0 aliphatic carbocycles. The van der Waals surface area contributed by atoms with Crippen LogP contribution in [0.1, 0.15) is 0 Å². The van der Waals surface area contributed by atoms with E-state index in [2.05, 4.69) is 25.4 Å². The van der Waals surface area contributed by atoms with E-state index in [-0.39, 0.29) is 11.7 Å². The molecular formula is C23H17ClN6O2S2. The minimum atomic E-state index is -0.175. The number of nitrogens with one attached hydrogen (secondary N) is 1. The molecule has 3 heterocycles. The first-order chi connectivity index (χ1) is 16.6. The number of ether oxygens (including phenoxy) is 1. The fraction of sp³-hybridized carbons (Fsp3) is 0.0870. The van der Waals surface area contributed by atoms with Crippen molar-refractivity contribution in [1.82, 2.24) is 24.7 Å². The van der Waals surface area contributed by atoms with E-state index in [1.165, 1.54) is 29.4 Å². The number of halogens is 1. The van der Waals surface area contributed by atoms with Crippen LogP contribution in [-0.2, 0) is 4.79 Å². The van der Waals surface area contributed by atoms with Gasteiger partial charge in [0.2, 0.25) is 5.91 Å². The van der Waals surface area contributed by atoms with E-state index in [0.29, 0.717) is 20.8 Å². The Labute approximate surface area is 208 Å². The highest BCUT2D eigenvalue weighted by molar-refractivity contribution is 8.00. The summed E-state index contributed by atoms with van der Waals surface area (Å²) in [4.78, 5) is 25.8. The van der Waals surface area contributed by atoms with Gasteiger partial charge in [-0.25, -0.2) is 19.6 Å². The van der Waals surface area contributed by atoms with Crippen LogP contribution in [0.2, 0.25) is 5.02 Å². The molecule has 5 aromatic rings. The van der Waals surface area contributed by atoms with E-state index in [9.17, 15) is 4.79 Å². The number of fused-ring (bicyclic) bond motifs is 1. The normalized spacial score (nSPS) is 11.0. The summed E-state index contributed by atoms with van der Waals surface area (Å²) in [7, 11) is 1.63. The highest BCUT2D eigenvalue weighted by Crippen LogP contribution is 2.29.